The molecule has 0 saturated carbocycles. The number of carbonyl (C=O) groups is 1. The summed E-state index contributed by atoms with van der Waals surface area (Å²) in [6, 6.07) is 14.2. The Balaban J connectivity index is 1.95. The number of aromatic nitrogens is 3. The summed E-state index contributed by atoms with van der Waals surface area (Å²) < 4.78 is 2.14. The predicted octanol–water partition coefficient (Wildman–Crippen LogP) is 5.14. The van der Waals surface area contributed by atoms with Crippen molar-refractivity contribution in [2.45, 2.75) is 19.8 Å². The summed E-state index contributed by atoms with van der Waals surface area (Å²) >= 11 is 6.16. The summed E-state index contributed by atoms with van der Waals surface area (Å²) in [4.78, 5) is 15.3. The molecular weight excluding hydrogens is 422 g/mol. The van der Waals surface area contributed by atoms with Crippen LogP contribution in [-0.4, -0.2) is 46.6 Å². The molecule has 0 N–H and O–H groups in total. The van der Waals surface area contributed by atoms with E-state index in [9.17, 15) is 4.79 Å². The molecule has 3 aromatic rings. The molecule has 0 aliphatic carbocycles. The summed E-state index contributed by atoms with van der Waals surface area (Å²) in [5, 5.41) is 9.52. The zero-order valence-corrected chi connectivity index (χ0v) is 19.4. The summed E-state index contributed by atoms with van der Waals surface area (Å²) in [6.45, 7) is 4.88. The van der Waals surface area contributed by atoms with Crippen molar-refractivity contribution >= 4 is 34.8 Å². The average molecular weight is 448 g/mol. The largest absolute Gasteiger partial charge is 0.383 e. The Bertz CT molecular complexity index is 1190. The minimum Gasteiger partial charge on any atom is -0.383 e. The number of anilines is 2. The normalized spacial score (nSPS) is 16.0. The second kappa shape index (κ2) is 9.01. The Hall–Kier alpha value is -3.38. The molecule has 2 aromatic carbocycles. The van der Waals surface area contributed by atoms with Crippen LogP contribution >= 0.6 is 11.6 Å². The van der Waals surface area contributed by atoms with Gasteiger partial charge in [-0.2, -0.15) is 0 Å². The number of carbonyl (C=O) groups excluding carboxylic acids is 1. The van der Waals surface area contributed by atoms with Crippen molar-refractivity contribution in [3.63, 3.8) is 0 Å². The van der Waals surface area contributed by atoms with Gasteiger partial charge < -0.3 is 9.80 Å². The molecule has 164 valence electrons. The molecular formula is C25H26ClN5O. The molecule has 2 heterocycles. The molecule has 1 aliphatic rings. The van der Waals surface area contributed by atoms with Crippen LogP contribution in [0.15, 0.2) is 60.8 Å². The smallest absolute Gasteiger partial charge is 0.142 e. The van der Waals surface area contributed by atoms with Gasteiger partial charge in [-0.05, 0) is 66.6 Å². The summed E-state index contributed by atoms with van der Waals surface area (Å²) in [5.41, 5.74) is 5.07. The van der Waals surface area contributed by atoms with Gasteiger partial charge in [0.2, 0.25) is 0 Å². The average Bonchev–Trinajstić information content (AvgIpc) is 3.10. The minimum absolute atomic E-state index is 0.162. The molecule has 32 heavy (non-hydrogen) atoms. The topological polar surface area (TPSA) is 54.3 Å². The number of nitrogens with zero attached hydrogens (tertiary/aromatic N) is 5. The fourth-order valence-electron chi connectivity index (χ4n) is 4.06. The molecule has 4 rings (SSSR count). The number of halogens is 1. The highest BCUT2D eigenvalue weighted by Crippen LogP contribution is 2.40. The monoisotopic (exact) mass is 447 g/mol. The van der Waals surface area contributed by atoms with Gasteiger partial charge in [-0.15, -0.1) is 10.2 Å². The van der Waals surface area contributed by atoms with Crippen molar-refractivity contribution in [2.75, 3.05) is 25.5 Å². The van der Waals surface area contributed by atoms with Gasteiger partial charge in [0.25, 0.3) is 0 Å². The first-order valence-electron chi connectivity index (χ1n) is 10.5. The zero-order valence-electron chi connectivity index (χ0n) is 18.7. The molecule has 7 heteroatoms. The van der Waals surface area contributed by atoms with E-state index in [0.29, 0.717) is 5.02 Å². The van der Waals surface area contributed by atoms with E-state index in [1.807, 2.05) is 62.5 Å². The lowest BCUT2D eigenvalue weighted by Gasteiger charge is -2.27. The maximum absolute atomic E-state index is 11.0. The number of aldehydes is 1. The third-order valence-electron chi connectivity index (χ3n) is 5.48. The Morgan fingerprint density at radius 3 is 2.56 bits per heavy atom. The van der Waals surface area contributed by atoms with E-state index in [1.165, 1.54) is 6.08 Å². The van der Waals surface area contributed by atoms with Crippen molar-refractivity contribution in [1.82, 2.24) is 19.7 Å². The van der Waals surface area contributed by atoms with Gasteiger partial charge in [0.1, 0.15) is 17.9 Å². The van der Waals surface area contributed by atoms with Crippen LogP contribution in [0.1, 0.15) is 30.1 Å². The van der Waals surface area contributed by atoms with Crippen LogP contribution in [0.2, 0.25) is 5.02 Å². The van der Waals surface area contributed by atoms with E-state index in [0.717, 1.165) is 52.7 Å². The van der Waals surface area contributed by atoms with Gasteiger partial charge in [0.05, 0.1) is 11.4 Å². The summed E-state index contributed by atoms with van der Waals surface area (Å²) in [5.74, 6) is 1.95. The quantitative estimate of drug-likeness (QED) is 0.308. The molecule has 0 amide bonds. The standard InChI is InChI=1S/C25H26ClN5O/c1-17-15-30(22-10-8-21(26)9-11-22)24-14-19(20(6-5-13-32)16-29(3)4)7-12-23(24)31-18(2)27-28-25(17)31/h5-14,16-17H,15H2,1-4H3/b6-5-,20-16+/t17-/m1/s1. The van der Waals surface area contributed by atoms with E-state index in [1.54, 1.807) is 0 Å². The molecule has 0 fully saturated rings. The van der Waals surface area contributed by atoms with Gasteiger partial charge in [0.15, 0.2) is 0 Å². The highest BCUT2D eigenvalue weighted by molar-refractivity contribution is 6.30. The Morgan fingerprint density at radius 1 is 1.12 bits per heavy atom. The van der Waals surface area contributed by atoms with E-state index >= 15 is 0 Å². The third-order valence-corrected chi connectivity index (χ3v) is 5.73. The molecule has 0 unspecified atom stereocenters. The second-order valence-corrected chi connectivity index (χ2v) is 8.61. The molecule has 0 bridgehead atoms. The van der Waals surface area contributed by atoms with Crippen molar-refractivity contribution in [3.8, 4) is 5.69 Å². The van der Waals surface area contributed by atoms with Gasteiger partial charge in [-0.25, -0.2) is 0 Å². The predicted molar refractivity (Wildman–Crippen MR) is 130 cm³/mol. The van der Waals surface area contributed by atoms with E-state index in [-0.39, 0.29) is 5.92 Å². The van der Waals surface area contributed by atoms with Crippen LogP contribution in [-0.2, 0) is 4.79 Å². The van der Waals surface area contributed by atoms with Crippen LogP contribution < -0.4 is 4.90 Å². The Labute approximate surface area is 193 Å². The SMILES string of the molecule is Cc1nnc2n1-c1ccc(C(/C=C\C=O)=C/N(C)C)cc1N(c1ccc(Cl)cc1)C[C@H]2C. The third kappa shape index (κ3) is 4.18. The number of benzene rings is 2. The van der Waals surface area contributed by atoms with E-state index in [2.05, 4.69) is 44.8 Å². The maximum atomic E-state index is 11.0. The van der Waals surface area contributed by atoms with Crippen molar-refractivity contribution in [2.24, 2.45) is 0 Å². The van der Waals surface area contributed by atoms with E-state index < -0.39 is 0 Å². The first-order chi connectivity index (χ1) is 15.4. The number of hydrogen-bond acceptors (Lipinski definition) is 5. The maximum Gasteiger partial charge on any atom is 0.142 e. The highest BCUT2D eigenvalue weighted by Gasteiger charge is 2.28. The molecule has 1 aliphatic heterocycles. The van der Waals surface area contributed by atoms with Crippen LogP contribution in [0.4, 0.5) is 11.4 Å². The fraction of sp³-hybridized carbons (Fsp3) is 0.240. The van der Waals surface area contributed by atoms with Gasteiger partial charge in [0, 0.05) is 43.5 Å². The molecule has 0 spiro atoms. The molecule has 6 nitrogen and oxygen atoms in total. The fourth-order valence-corrected chi connectivity index (χ4v) is 4.18. The number of hydrogen-bond donors (Lipinski definition) is 0. The minimum atomic E-state index is 0.162. The number of allylic oxidation sites excluding steroid dienone is 3. The molecule has 1 atom stereocenters. The summed E-state index contributed by atoms with van der Waals surface area (Å²) in [7, 11) is 3.93. The Kier molecular flexibility index (Phi) is 6.15. The summed E-state index contributed by atoms with van der Waals surface area (Å²) in [6.07, 6.45) is 6.14. The first-order valence-corrected chi connectivity index (χ1v) is 10.9. The van der Waals surface area contributed by atoms with Crippen LogP contribution in [0.5, 0.6) is 0 Å². The van der Waals surface area contributed by atoms with Crippen molar-refractivity contribution < 1.29 is 4.79 Å². The van der Waals surface area contributed by atoms with E-state index in [4.69, 9.17) is 11.6 Å². The number of aryl methyl sites for hydroxylation is 1. The van der Waals surface area contributed by atoms with Crippen LogP contribution in [0.25, 0.3) is 11.3 Å². The second-order valence-electron chi connectivity index (χ2n) is 8.18. The lowest BCUT2D eigenvalue weighted by atomic mass is 10.0. The lowest BCUT2D eigenvalue weighted by Crippen LogP contribution is -2.22. The molecule has 0 radical (unpaired) electrons. The highest BCUT2D eigenvalue weighted by atomic mass is 35.5. The van der Waals surface area contributed by atoms with Gasteiger partial charge in [-0.1, -0.05) is 24.6 Å². The molecule has 0 saturated heterocycles. The van der Waals surface area contributed by atoms with Gasteiger partial charge in [-0.3, -0.25) is 9.36 Å². The zero-order chi connectivity index (χ0) is 22.8. The first kappa shape index (κ1) is 21.8. The van der Waals surface area contributed by atoms with Crippen LogP contribution in [0.3, 0.4) is 0 Å². The molecule has 1 aromatic heterocycles. The number of fused-ring (bicyclic) bond motifs is 3. The lowest BCUT2D eigenvalue weighted by molar-refractivity contribution is -0.104. The van der Waals surface area contributed by atoms with Gasteiger partial charge >= 0.3 is 0 Å². The number of rotatable bonds is 5. The van der Waals surface area contributed by atoms with Crippen molar-refractivity contribution in [3.05, 3.63) is 83.1 Å². The van der Waals surface area contributed by atoms with Crippen molar-refractivity contribution in [1.29, 1.82) is 0 Å². The van der Waals surface area contributed by atoms with Crippen LogP contribution in [0, 0.1) is 6.92 Å². The Morgan fingerprint density at radius 2 is 1.88 bits per heavy atom.